The van der Waals surface area contributed by atoms with Crippen LogP contribution >= 0.6 is 0 Å². The second-order valence-electron chi connectivity index (χ2n) is 5.65. The number of nitrogens with zero attached hydrogens (tertiary/aromatic N) is 2. The Balaban J connectivity index is 0.00000338. The quantitative estimate of drug-likeness (QED) is 0.425. The van der Waals surface area contributed by atoms with Gasteiger partial charge in [0.05, 0.1) is 0 Å². The second kappa shape index (κ2) is 13.1. The van der Waals surface area contributed by atoms with Gasteiger partial charge in [0, 0.05) is 53.4 Å². The van der Waals surface area contributed by atoms with Gasteiger partial charge in [0.25, 0.3) is 0 Å². The summed E-state index contributed by atoms with van der Waals surface area (Å²) in [4.78, 5) is 8.64. The number of aromatic hydroxyl groups is 2. The normalized spacial score (nSPS) is 11.1. The van der Waals surface area contributed by atoms with Gasteiger partial charge in [0.15, 0.2) is 0 Å². The SMILES string of the molecule is Oc1ccccc1C=NCCCNCCCN=Cc1ccccc1O.[Co]. The third kappa shape index (κ3) is 8.29. The molecule has 0 aromatic heterocycles. The van der Waals surface area contributed by atoms with Gasteiger partial charge in [0.1, 0.15) is 11.5 Å². The van der Waals surface area contributed by atoms with Crippen LogP contribution in [0.5, 0.6) is 11.5 Å². The van der Waals surface area contributed by atoms with Crippen molar-refractivity contribution in [1.82, 2.24) is 5.32 Å². The minimum absolute atomic E-state index is 0. The van der Waals surface area contributed by atoms with Crippen LogP contribution in [-0.4, -0.2) is 48.8 Å². The van der Waals surface area contributed by atoms with Crippen molar-refractivity contribution < 1.29 is 27.0 Å². The van der Waals surface area contributed by atoms with Crippen molar-refractivity contribution >= 4 is 12.4 Å². The van der Waals surface area contributed by atoms with Gasteiger partial charge < -0.3 is 15.5 Å². The maximum atomic E-state index is 9.61. The molecule has 0 bridgehead atoms. The topological polar surface area (TPSA) is 77.2 Å². The van der Waals surface area contributed by atoms with Crippen LogP contribution < -0.4 is 5.32 Å². The van der Waals surface area contributed by atoms with Crippen LogP contribution in [-0.2, 0) is 16.8 Å². The van der Waals surface area contributed by atoms with E-state index in [1.54, 1.807) is 36.7 Å². The summed E-state index contributed by atoms with van der Waals surface area (Å²) in [7, 11) is 0. The molecule has 0 aliphatic carbocycles. The predicted octanol–water partition coefficient (Wildman–Crippen LogP) is 3.00. The van der Waals surface area contributed by atoms with Gasteiger partial charge in [-0.25, -0.2) is 0 Å². The van der Waals surface area contributed by atoms with Crippen molar-refractivity contribution in [2.75, 3.05) is 26.2 Å². The molecule has 0 spiro atoms. The first-order valence-corrected chi connectivity index (χ1v) is 8.54. The summed E-state index contributed by atoms with van der Waals surface area (Å²) in [5, 5.41) is 22.6. The number of nitrogens with one attached hydrogen (secondary N) is 1. The number of benzene rings is 2. The molecule has 0 saturated carbocycles. The Kier molecular flexibility index (Phi) is 11.0. The number of rotatable bonds is 10. The fourth-order valence-electron chi connectivity index (χ4n) is 2.23. The van der Waals surface area contributed by atoms with Crippen LogP contribution in [0.15, 0.2) is 58.5 Å². The molecule has 0 atom stereocenters. The molecule has 0 amide bonds. The van der Waals surface area contributed by atoms with E-state index in [0.29, 0.717) is 0 Å². The molecular formula is C20H25CoN3O2. The van der Waals surface area contributed by atoms with Crippen LogP contribution in [0.4, 0.5) is 0 Å². The maximum Gasteiger partial charge on any atom is 0.124 e. The molecule has 0 aliphatic rings. The van der Waals surface area contributed by atoms with Crippen LogP contribution in [0, 0.1) is 0 Å². The summed E-state index contributed by atoms with van der Waals surface area (Å²) in [6, 6.07) is 14.3. The molecular weight excluding hydrogens is 373 g/mol. The number of phenols is 2. The summed E-state index contributed by atoms with van der Waals surface area (Å²) in [6.45, 7) is 3.27. The Hall–Kier alpha value is -2.15. The van der Waals surface area contributed by atoms with Gasteiger partial charge in [-0.15, -0.1) is 0 Å². The molecule has 0 aliphatic heterocycles. The molecule has 2 aromatic carbocycles. The Labute approximate surface area is 165 Å². The molecule has 3 N–H and O–H groups in total. The first kappa shape index (κ1) is 21.9. The molecule has 0 unspecified atom stereocenters. The van der Waals surface area contributed by atoms with Crippen molar-refractivity contribution in [3.05, 3.63) is 59.7 Å². The Morgan fingerprint density at radius 2 is 1.15 bits per heavy atom. The van der Waals surface area contributed by atoms with Gasteiger partial charge in [-0.3, -0.25) is 9.98 Å². The largest absolute Gasteiger partial charge is 0.507 e. The van der Waals surface area contributed by atoms with E-state index in [1.165, 1.54) is 0 Å². The standard InChI is InChI=1S/C20H25N3O2.Co/c24-19-9-3-1-7-17(19)15-22-13-5-11-21-12-6-14-23-16-18-8-2-4-10-20(18)25;/h1-4,7-10,15-16,21,24-25H,5-6,11-14H2;. The average molecular weight is 398 g/mol. The molecule has 2 rings (SSSR count). The zero-order valence-electron chi connectivity index (χ0n) is 14.6. The molecule has 1 radical (unpaired) electrons. The summed E-state index contributed by atoms with van der Waals surface area (Å²) < 4.78 is 0. The van der Waals surface area contributed by atoms with Gasteiger partial charge in [-0.2, -0.15) is 0 Å². The van der Waals surface area contributed by atoms with Gasteiger partial charge in [0.2, 0.25) is 0 Å². The molecule has 2 aromatic rings. The molecule has 5 nitrogen and oxygen atoms in total. The van der Waals surface area contributed by atoms with Crippen molar-refractivity contribution in [3.63, 3.8) is 0 Å². The first-order valence-electron chi connectivity index (χ1n) is 8.54. The van der Waals surface area contributed by atoms with Gasteiger partial charge >= 0.3 is 0 Å². The van der Waals surface area contributed by atoms with Crippen molar-refractivity contribution in [2.24, 2.45) is 9.98 Å². The third-order valence-corrected chi connectivity index (χ3v) is 3.62. The summed E-state index contributed by atoms with van der Waals surface area (Å²) in [5.74, 6) is 0.516. The molecule has 141 valence electrons. The average Bonchev–Trinajstić information content (AvgIpc) is 2.62. The van der Waals surface area contributed by atoms with E-state index < -0.39 is 0 Å². The maximum absolute atomic E-state index is 9.61. The minimum atomic E-state index is 0. The van der Waals surface area contributed by atoms with Crippen LogP contribution in [0.2, 0.25) is 0 Å². The summed E-state index contributed by atoms with van der Waals surface area (Å²) in [6.07, 6.45) is 5.32. The van der Waals surface area contributed by atoms with E-state index in [-0.39, 0.29) is 28.3 Å². The second-order valence-corrected chi connectivity index (χ2v) is 5.65. The number of hydrogen-bond donors (Lipinski definition) is 3. The van der Waals surface area contributed by atoms with Crippen LogP contribution in [0.25, 0.3) is 0 Å². The van der Waals surface area contributed by atoms with E-state index in [9.17, 15) is 10.2 Å². The number of phenolic OH excluding ortho intramolecular Hbond substituents is 2. The Morgan fingerprint density at radius 3 is 1.58 bits per heavy atom. The van der Waals surface area contributed by atoms with E-state index in [2.05, 4.69) is 15.3 Å². The van der Waals surface area contributed by atoms with E-state index in [1.807, 2.05) is 24.3 Å². The molecule has 0 fully saturated rings. The van der Waals surface area contributed by atoms with E-state index in [0.717, 1.165) is 50.1 Å². The third-order valence-electron chi connectivity index (χ3n) is 3.62. The number of aliphatic imine (C=N–C) groups is 2. The van der Waals surface area contributed by atoms with Crippen LogP contribution in [0.3, 0.4) is 0 Å². The summed E-state index contributed by atoms with van der Waals surface area (Å²) in [5.41, 5.74) is 1.50. The van der Waals surface area contributed by atoms with E-state index in [4.69, 9.17) is 0 Å². The molecule has 0 heterocycles. The van der Waals surface area contributed by atoms with Gasteiger partial charge in [-0.05, 0) is 50.2 Å². The first-order chi connectivity index (χ1) is 12.3. The number of para-hydroxylation sites is 2. The summed E-state index contributed by atoms with van der Waals surface area (Å²) >= 11 is 0. The van der Waals surface area contributed by atoms with Gasteiger partial charge in [-0.1, -0.05) is 24.3 Å². The molecule has 0 saturated heterocycles. The fourth-order valence-corrected chi connectivity index (χ4v) is 2.23. The predicted molar refractivity (Wildman–Crippen MR) is 103 cm³/mol. The van der Waals surface area contributed by atoms with Crippen molar-refractivity contribution in [3.8, 4) is 11.5 Å². The van der Waals surface area contributed by atoms with Crippen LogP contribution in [0.1, 0.15) is 24.0 Å². The smallest absolute Gasteiger partial charge is 0.124 e. The van der Waals surface area contributed by atoms with E-state index >= 15 is 0 Å². The number of hydrogen-bond acceptors (Lipinski definition) is 5. The van der Waals surface area contributed by atoms with Crippen molar-refractivity contribution in [1.29, 1.82) is 0 Å². The Morgan fingerprint density at radius 1 is 0.731 bits per heavy atom. The molecule has 6 heteroatoms. The minimum Gasteiger partial charge on any atom is -0.507 e. The zero-order chi connectivity index (χ0) is 17.7. The fraction of sp³-hybridized carbons (Fsp3) is 0.300. The Bertz CT molecular complexity index is 645. The monoisotopic (exact) mass is 398 g/mol. The molecule has 26 heavy (non-hydrogen) atoms. The zero-order valence-corrected chi connectivity index (χ0v) is 15.7. The van der Waals surface area contributed by atoms with Crippen molar-refractivity contribution in [2.45, 2.75) is 12.8 Å².